The summed E-state index contributed by atoms with van der Waals surface area (Å²) in [6, 6.07) is 25.9. The Labute approximate surface area is 274 Å². The minimum absolute atomic E-state index is 0.0199. The monoisotopic (exact) mass is 667 g/mol. The highest BCUT2D eigenvalue weighted by Crippen LogP contribution is 2.29. The molecule has 0 aliphatic heterocycles. The molecular formula is C34H35Cl2N3O5S. The maximum atomic E-state index is 14.1. The number of sulfonamides is 1. The first kappa shape index (κ1) is 33.8. The van der Waals surface area contributed by atoms with E-state index < -0.39 is 28.5 Å². The van der Waals surface area contributed by atoms with E-state index in [2.05, 4.69) is 5.32 Å². The highest BCUT2D eigenvalue weighted by molar-refractivity contribution is 7.92. The van der Waals surface area contributed by atoms with Crippen molar-refractivity contribution in [2.45, 2.75) is 44.7 Å². The van der Waals surface area contributed by atoms with Gasteiger partial charge in [-0.25, -0.2) is 8.42 Å². The van der Waals surface area contributed by atoms with Crippen LogP contribution in [0.5, 0.6) is 11.5 Å². The first-order valence-corrected chi connectivity index (χ1v) is 16.6. The predicted octanol–water partition coefficient (Wildman–Crippen LogP) is 7.23. The van der Waals surface area contributed by atoms with Gasteiger partial charge in [0.25, 0.3) is 10.0 Å². The fourth-order valence-corrected chi connectivity index (χ4v) is 6.37. The summed E-state index contributed by atoms with van der Waals surface area (Å²) >= 11 is 12.5. The number of aryl methyl sites for hydroxylation is 1. The van der Waals surface area contributed by atoms with Gasteiger partial charge in [-0.1, -0.05) is 72.1 Å². The van der Waals surface area contributed by atoms with Crippen molar-refractivity contribution in [3.8, 4) is 11.5 Å². The van der Waals surface area contributed by atoms with Crippen molar-refractivity contribution in [3.05, 3.63) is 118 Å². The first-order chi connectivity index (χ1) is 21.5. The van der Waals surface area contributed by atoms with Crippen LogP contribution in [0.15, 0.2) is 102 Å². The molecule has 4 rings (SSSR count). The summed E-state index contributed by atoms with van der Waals surface area (Å²) < 4.78 is 35.1. The van der Waals surface area contributed by atoms with E-state index in [1.54, 1.807) is 73.7 Å². The number of halogens is 2. The van der Waals surface area contributed by atoms with Crippen LogP contribution in [0.3, 0.4) is 0 Å². The molecule has 0 bridgehead atoms. The Bertz CT molecular complexity index is 1720. The molecule has 0 saturated carbocycles. The van der Waals surface area contributed by atoms with E-state index in [0.717, 1.165) is 9.87 Å². The second-order valence-electron chi connectivity index (χ2n) is 10.5. The molecule has 8 nitrogen and oxygen atoms in total. The van der Waals surface area contributed by atoms with Gasteiger partial charge in [0.15, 0.2) is 0 Å². The van der Waals surface area contributed by atoms with Gasteiger partial charge in [0.2, 0.25) is 11.8 Å². The van der Waals surface area contributed by atoms with E-state index in [1.165, 1.54) is 17.0 Å². The molecule has 0 heterocycles. The summed E-state index contributed by atoms with van der Waals surface area (Å²) in [5.74, 6) is 0.145. The average molecular weight is 669 g/mol. The van der Waals surface area contributed by atoms with Crippen LogP contribution in [0, 0.1) is 6.92 Å². The van der Waals surface area contributed by atoms with Gasteiger partial charge in [-0.15, -0.1) is 0 Å². The molecule has 0 aromatic heterocycles. The van der Waals surface area contributed by atoms with E-state index >= 15 is 0 Å². The van der Waals surface area contributed by atoms with Crippen LogP contribution in [-0.4, -0.2) is 44.3 Å². The second-order valence-corrected chi connectivity index (χ2v) is 13.2. The lowest BCUT2D eigenvalue weighted by atomic mass is 10.1. The minimum atomic E-state index is -4.22. The molecular weight excluding hydrogens is 633 g/mol. The number of ether oxygens (including phenoxy) is 1. The molecule has 45 heavy (non-hydrogen) atoms. The summed E-state index contributed by atoms with van der Waals surface area (Å²) in [5.41, 5.74) is 1.69. The Kier molecular flexibility index (Phi) is 11.5. The summed E-state index contributed by atoms with van der Waals surface area (Å²) in [7, 11) is -4.22. The second kappa shape index (κ2) is 15.3. The molecule has 4 aromatic carbocycles. The summed E-state index contributed by atoms with van der Waals surface area (Å²) in [5, 5.41) is 3.56. The lowest BCUT2D eigenvalue weighted by Crippen LogP contribution is -2.51. The fourth-order valence-electron chi connectivity index (χ4n) is 4.48. The van der Waals surface area contributed by atoms with E-state index in [9.17, 15) is 18.0 Å². The molecule has 1 N–H and O–H groups in total. The van der Waals surface area contributed by atoms with E-state index in [4.69, 9.17) is 27.9 Å². The highest BCUT2D eigenvalue weighted by atomic mass is 35.5. The SMILES string of the molecule is CCCNC(=O)C(C)N(Cc1ccc(Cl)cc1Cl)C(=O)CN(c1ccc(Oc2ccccc2)cc1)S(=O)(=O)c1ccc(C)cc1. The third-order valence-electron chi connectivity index (χ3n) is 7.06. The maximum absolute atomic E-state index is 14.1. The minimum Gasteiger partial charge on any atom is -0.457 e. The van der Waals surface area contributed by atoms with E-state index in [0.29, 0.717) is 40.1 Å². The van der Waals surface area contributed by atoms with Crippen LogP contribution in [-0.2, 0) is 26.2 Å². The number of benzene rings is 4. The number of amides is 2. The van der Waals surface area contributed by atoms with Gasteiger partial charge in [0.05, 0.1) is 10.6 Å². The lowest BCUT2D eigenvalue weighted by molar-refractivity contribution is -0.139. The van der Waals surface area contributed by atoms with Gasteiger partial charge < -0.3 is 15.0 Å². The Morgan fingerprint density at radius 2 is 1.53 bits per heavy atom. The number of anilines is 1. The zero-order valence-electron chi connectivity index (χ0n) is 25.2. The molecule has 0 aliphatic carbocycles. The van der Waals surface area contributed by atoms with Crippen molar-refractivity contribution >= 4 is 50.7 Å². The number of hydrogen-bond acceptors (Lipinski definition) is 5. The van der Waals surface area contributed by atoms with Crippen LogP contribution in [0.1, 0.15) is 31.4 Å². The molecule has 0 fully saturated rings. The van der Waals surface area contributed by atoms with Crippen LogP contribution in [0.25, 0.3) is 0 Å². The van der Waals surface area contributed by atoms with Gasteiger partial charge in [0, 0.05) is 23.1 Å². The normalized spacial score (nSPS) is 11.8. The largest absolute Gasteiger partial charge is 0.457 e. The smallest absolute Gasteiger partial charge is 0.264 e. The van der Waals surface area contributed by atoms with E-state index in [-0.39, 0.29) is 23.0 Å². The van der Waals surface area contributed by atoms with Crippen LogP contribution in [0.4, 0.5) is 5.69 Å². The van der Waals surface area contributed by atoms with Crippen LogP contribution in [0.2, 0.25) is 10.0 Å². The van der Waals surface area contributed by atoms with Crippen molar-refractivity contribution < 1.29 is 22.7 Å². The number of hydrogen-bond donors (Lipinski definition) is 1. The molecule has 0 saturated heterocycles. The van der Waals surface area contributed by atoms with Crippen molar-refractivity contribution in [2.24, 2.45) is 0 Å². The number of carbonyl (C=O) groups is 2. The molecule has 0 radical (unpaired) electrons. The third-order valence-corrected chi connectivity index (χ3v) is 9.44. The Balaban J connectivity index is 1.71. The van der Waals surface area contributed by atoms with Gasteiger partial charge in [-0.2, -0.15) is 0 Å². The van der Waals surface area contributed by atoms with Crippen LogP contribution >= 0.6 is 23.2 Å². The van der Waals surface area contributed by atoms with Crippen molar-refractivity contribution in [1.29, 1.82) is 0 Å². The first-order valence-electron chi connectivity index (χ1n) is 14.4. The molecule has 0 aliphatic rings. The molecule has 4 aromatic rings. The lowest BCUT2D eigenvalue weighted by Gasteiger charge is -2.32. The Morgan fingerprint density at radius 3 is 2.16 bits per heavy atom. The standard InChI is InChI=1S/C34H35Cl2N3O5S/c1-4-20-37-34(41)25(3)38(22-26-12-13-27(35)21-32(26)36)33(40)23-39(45(42,43)31-18-10-24(2)11-19-31)28-14-16-30(17-15-28)44-29-8-6-5-7-9-29/h5-19,21,25H,4,20,22-23H2,1-3H3,(H,37,41). The van der Waals surface area contributed by atoms with Gasteiger partial charge in [-0.3, -0.25) is 13.9 Å². The van der Waals surface area contributed by atoms with Gasteiger partial charge in [0.1, 0.15) is 24.1 Å². The summed E-state index contributed by atoms with van der Waals surface area (Å²) in [4.78, 5) is 28.5. The number of nitrogens with one attached hydrogen (secondary N) is 1. The molecule has 11 heteroatoms. The van der Waals surface area contributed by atoms with Crippen molar-refractivity contribution in [2.75, 3.05) is 17.4 Å². The molecule has 1 atom stereocenters. The molecule has 1 unspecified atom stereocenters. The van der Waals surface area contributed by atoms with Crippen molar-refractivity contribution in [1.82, 2.24) is 10.2 Å². The van der Waals surface area contributed by atoms with Crippen molar-refractivity contribution in [3.63, 3.8) is 0 Å². The zero-order chi connectivity index (χ0) is 32.6. The average Bonchev–Trinajstić information content (AvgIpc) is 3.03. The molecule has 0 spiro atoms. The highest BCUT2D eigenvalue weighted by Gasteiger charge is 2.33. The number of para-hydroxylation sites is 1. The van der Waals surface area contributed by atoms with Crippen LogP contribution < -0.4 is 14.4 Å². The summed E-state index contributed by atoms with van der Waals surface area (Å²) in [6.07, 6.45) is 0.710. The Morgan fingerprint density at radius 1 is 0.889 bits per heavy atom. The Hall–Kier alpha value is -4.05. The number of rotatable bonds is 13. The summed E-state index contributed by atoms with van der Waals surface area (Å²) in [6.45, 7) is 5.18. The van der Waals surface area contributed by atoms with Gasteiger partial charge in [-0.05, 0) is 86.5 Å². The van der Waals surface area contributed by atoms with Gasteiger partial charge >= 0.3 is 0 Å². The van der Waals surface area contributed by atoms with E-state index in [1.807, 2.05) is 32.0 Å². The number of carbonyl (C=O) groups excluding carboxylic acids is 2. The zero-order valence-corrected chi connectivity index (χ0v) is 27.6. The quantitative estimate of drug-likeness (QED) is 0.162. The number of nitrogens with zero attached hydrogens (tertiary/aromatic N) is 2. The predicted molar refractivity (Wildman–Crippen MR) is 178 cm³/mol. The maximum Gasteiger partial charge on any atom is 0.264 e. The molecule has 2 amide bonds. The fraction of sp³-hybridized carbons (Fsp3) is 0.235. The molecule has 236 valence electrons. The third kappa shape index (κ3) is 8.78. The topological polar surface area (TPSA) is 96.0 Å².